The molecule has 0 bridgehead atoms. The van der Waals surface area contributed by atoms with E-state index in [0.717, 1.165) is 11.1 Å². The topological polar surface area (TPSA) is 34.1 Å². The number of rotatable bonds is 4. The summed E-state index contributed by atoms with van der Waals surface area (Å²) in [4.78, 5) is 12.8. The van der Waals surface area contributed by atoms with E-state index in [1.807, 2.05) is 50.2 Å². The third-order valence-electron chi connectivity index (χ3n) is 2.85. The van der Waals surface area contributed by atoms with Crippen molar-refractivity contribution >= 4 is 16.6 Å². The first-order chi connectivity index (χ1) is 9.06. The molecule has 2 rings (SSSR count). The van der Waals surface area contributed by atoms with Gasteiger partial charge in [-0.3, -0.25) is 9.00 Å². The van der Waals surface area contributed by atoms with Gasteiger partial charge < -0.3 is 0 Å². The molecule has 2 nitrogen and oxygen atoms in total. The van der Waals surface area contributed by atoms with Crippen LogP contribution >= 0.6 is 0 Å². The minimum absolute atomic E-state index is 0.0346. The van der Waals surface area contributed by atoms with Crippen LogP contribution < -0.4 is 0 Å². The summed E-state index contributed by atoms with van der Waals surface area (Å²) in [6.07, 6.45) is 0. The van der Waals surface area contributed by atoms with Crippen molar-refractivity contribution in [2.45, 2.75) is 18.7 Å². The van der Waals surface area contributed by atoms with E-state index in [-0.39, 0.29) is 11.5 Å². The monoisotopic (exact) mass is 272 g/mol. The van der Waals surface area contributed by atoms with Gasteiger partial charge in [0.15, 0.2) is 5.78 Å². The Kier molecular flexibility index (Phi) is 4.27. The van der Waals surface area contributed by atoms with Gasteiger partial charge in [0.1, 0.15) is 0 Å². The first kappa shape index (κ1) is 13.7. The van der Waals surface area contributed by atoms with Crippen molar-refractivity contribution in [1.29, 1.82) is 0 Å². The predicted molar refractivity (Wildman–Crippen MR) is 78.0 cm³/mol. The molecule has 0 N–H and O–H groups in total. The standard InChI is InChI=1S/C16H16O2S/c1-12-5-3-7-14(9-12)16(17)11-19(18)15-8-4-6-13(2)10-15/h3-10H,11H2,1-2H3. The highest BCUT2D eigenvalue weighted by molar-refractivity contribution is 7.85. The zero-order chi connectivity index (χ0) is 13.8. The second-order valence-corrected chi connectivity index (χ2v) is 6.05. The van der Waals surface area contributed by atoms with E-state index in [9.17, 15) is 9.00 Å². The van der Waals surface area contributed by atoms with Crippen LogP contribution in [-0.4, -0.2) is 15.7 Å². The quantitative estimate of drug-likeness (QED) is 0.800. The predicted octanol–water partition coefficient (Wildman–Crippen LogP) is 3.29. The smallest absolute Gasteiger partial charge is 0.175 e. The van der Waals surface area contributed by atoms with Gasteiger partial charge in [-0.1, -0.05) is 35.9 Å². The van der Waals surface area contributed by atoms with Crippen molar-refractivity contribution < 1.29 is 9.00 Å². The number of hydrogen-bond donors (Lipinski definition) is 0. The molecule has 0 aromatic heterocycles. The van der Waals surface area contributed by atoms with Gasteiger partial charge in [-0.05, 0) is 37.6 Å². The minimum Gasteiger partial charge on any atom is -0.293 e. The Balaban J connectivity index is 2.13. The van der Waals surface area contributed by atoms with Crippen LogP contribution in [0.3, 0.4) is 0 Å². The first-order valence-electron chi connectivity index (χ1n) is 6.11. The second kappa shape index (κ2) is 5.93. The van der Waals surface area contributed by atoms with Gasteiger partial charge in [-0.2, -0.15) is 0 Å². The average molecular weight is 272 g/mol. The van der Waals surface area contributed by atoms with Crippen molar-refractivity contribution in [3.05, 3.63) is 65.2 Å². The van der Waals surface area contributed by atoms with Crippen molar-refractivity contribution in [3.8, 4) is 0 Å². The lowest BCUT2D eigenvalue weighted by Gasteiger charge is -2.04. The molecule has 0 aliphatic carbocycles. The molecule has 0 aliphatic heterocycles. The van der Waals surface area contributed by atoms with Gasteiger partial charge in [0.25, 0.3) is 0 Å². The summed E-state index contributed by atoms with van der Waals surface area (Å²) in [5.41, 5.74) is 2.71. The highest BCUT2D eigenvalue weighted by Crippen LogP contribution is 2.12. The van der Waals surface area contributed by atoms with Crippen LogP contribution in [0.5, 0.6) is 0 Å². The molecule has 0 heterocycles. The average Bonchev–Trinajstić information content (AvgIpc) is 2.38. The Morgan fingerprint density at radius 3 is 2.26 bits per heavy atom. The highest BCUT2D eigenvalue weighted by Gasteiger charge is 2.12. The van der Waals surface area contributed by atoms with Crippen LogP contribution in [-0.2, 0) is 10.8 Å². The number of carbonyl (C=O) groups excluding carboxylic acids is 1. The first-order valence-corrected chi connectivity index (χ1v) is 7.43. The Labute approximate surface area is 115 Å². The molecule has 0 radical (unpaired) electrons. The summed E-state index contributed by atoms with van der Waals surface area (Å²) in [6, 6.07) is 14.8. The molecular weight excluding hydrogens is 256 g/mol. The molecule has 0 saturated carbocycles. The molecule has 0 aliphatic rings. The summed E-state index contributed by atoms with van der Waals surface area (Å²) in [6.45, 7) is 3.89. The number of hydrogen-bond acceptors (Lipinski definition) is 2. The number of aryl methyl sites for hydroxylation is 2. The lowest BCUT2D eigenvalue weighted by molar-refractivity contribution is 0.102. The molecule has 98 valence electrons. The van der Waals surface area contributed by atoms with Gasteiger partial charge >= 0.3 is 0 Å². The molecule has 3 heteroatoms. The van der Waals surface area contributed by atoms with E-state index < -0.39 is 10.8 Å². The van der Waals surface area contributed by atoms with E-state index in [1.165, 1.54) is 0 Å². The molecule has 0 spiro atoms. The van der Waals surface area contributed by atoms with Crippen molar-refractivity contribution in [2.75, 3.05) is 5.75 Å². The SMILES string of the molecule is Cc1cccc(C(=O)CS(=O)c2cccc(C)c2)c1. The molecule has 2 aromatic carbocycles. The third kappa shape index (κ3) is 3.61. The van der Waals surface area contributed by atoms with Gasteiger partial charge in [0.05, 0.1) is 16.6 Å². The van der Waals surface area contributed by atoms with Crippen LogP contribution in [0.25, 0.3) is 0 Å². The maximum Gasteiger partial charge on any atom is 0.175 e. The number of ketones is 1. The summed E-state index contributed by atoms with van der Waals surface area (Å²) in [7, 11) is -1.28. The fraction of sp³-hybridized carbons (Fsp3) is 0.188. The number of benzene rings is 2. The van der Waals surface area contributed by atoms with Crippen molar-refractivity contribution in [3.63, 3.8) is 0 Å². The lowest BCUT2D eigenvalue weighted by atomic mass is 10.1. The van der Waals surface area contributed by atoms with Gasteiger partial charge in [-0.15, -0.1) is 0 Å². The molecule has 0 amide bonds. The fourth-order valence-corrected chi connectivity index (χ4v) is 2.98. The van der Waals surface area contributed by atoms with E-state index in [1.54, 1.807) is 12.1 Å². The van der Waals surface area contributed by atoms with Gasteiger partial charge in [0.2, 0.25) is 0 Å². The van der Waals surface area contributed by atoms with E-state index in [2.05, 4.69) is 0 Å². The lowest BCUT2D eigenvalue weighted by Crippen LogP contribution is -2.11. The second-order valence-electron chi connectivity index (χ2n) is 4.60. The maximum absolute atomic E-state index is 12.2. The highest BCUT2D eigenvalue weighted by atomic mass is 32.2. The molecule has 0 saturated heterocycles. The van der Waals surface area contributed by atoms with Crippen LogP contribution in [0.2, 0.25) is 0 Å². The minimum atomic E-state index is -1.28. The van der Waals surface area contributed by atoms with Gasteiger partial charge in [-0.25, -0.2) is 0 Å². The van der Waals surface area contributed by atoms with E-state index in [4.69, 9.17) is 0 Å². The molecule has 2 aromatic rings. The maximum atomic E-state index is 12.2. The Morgan fingerprint density at radius 1 is 1.00 bits per heavy atom. The number of Topliss-reactive ketones (excluding diaryl/α,β-unsaturated/α-hetero) is 1. The normalized spacial score (nSPS) is 12.1. The summed E-state index contributed by atoms with van der Waals surface area (Å²) in [5.74, 6) is -0.0454. The molecule has 0 fully saturated rings. The Hall–Kier alpha value is -1.74. The largest absolute Gasteiger partial charge is 0.293 e. The van der Waals surface area contributed by atoms with Crippen molar-refractivity contribution in [1.82, 2.24) is 0 Å². The van der Waals surface area contributed by atoms with Gasteiger partial charge in [0, 0.05) is 10.5 Å². The zero-order valence-electron chi connectivity index (χ0n) is 11.1. The summed E-state index contributed by atoms with van der Waals surface area (Å²) < 4.78 is 12.2. The third-order valence-corrected chi connectivity index (χ3v) is 4.16. The van der Waals surface area contributed by atoms with Crippen LogP contribution in [0, 0.1) is 13.8 Å². The van der Waals surface area contributed by atoms with Crippen molar-refractivity contribution in [2.24, 2.45) is 0 Å². The van der Waals surface area contributed by atoms with Crippen LogP contribution in [0.1, 0.15) is 21.5 Å². The van der Waals surface area contributed by atoms with E-state index >= 15 is 0 Å². The van der Waals surface area contributed by atoms with E-state index in [0.29, 0.717) is 10.5 Å². The summed E-state index contributed by atoms with van der Waals surface area (Å²) in [5, 5.41) is 0. The number of carbonyl (C=O) groups is 1. The molecular formula is C16H16O2S. The Morgan fingerprint density at radius 2 is 1.63 bits per heavy atom. The fourth-order valence-electron chi connectivity index (χ4n) is 1.86. The van der Waals surface area contributed by atoms with Crippen LogP contribution in [0.4, 0.5) is 0 Å². The van der Waals surface area contributed by atoms with Crippen LogP contribution in [0.15, 0.2) is 53.4 Å². The molecule has 19 heavy (non-hydrogen) atoms. The summed E-state index contributed by atoms with van der Waals surface area (Å²) >= 11 is 0. The zero-order valence-corrected chi connectivity index (χ0v) is 11.9. The molecule has 1 unspecified atom stereocenters. The molecule has 1 atom stereocenters. The Bertz CT molecular complexity index is 577.